The summed E-state index contributed by atoms with van der Waals surface area (Å²) in [5, 5.41) is 0. The van der Waals surface area contributed by atoms with Crippen LogP contribution in [0.5, 0.6) is 0 Å². The van der Waals surface area contributed by atoms with Crippen molar-refractivity contribution in [3.05, 3.63) is 0 Å². The Morgan fingerprint density at radius 1 is 0.846 bits per heavy atom. The SMILES string of the molecule is CCCCCCCC[O][Sn]([CH3])([CH3])[CH3]. The molecule has 0 saturated heterocycles. The molecule has 80 valence electrons. The van der Waals surface area contributed by atoms with Crippen molar-refractivity contribution in [2.24, 2.45) is 0 Å². The number of hydrogen-bond acceptors (Lipinski definition) is 1. The molecule has 0 amide bonds. The second-order valence-corrected chi connectivity index (χ2v) is 17.6. The molecule has 2 heteroatoms. The molecule has 0 N–H and O–H groups in total. The van der Waals surface area contributed by atoms with Crippen LogP contribution in [0.3, 0.4) is 0 Å². The van der Waals surface area contributed by atoms with E-state index in [1.807, 2.05) is 0 Å². The summed E-state index contributed by atoms with van der Waals surface area (Å²) in [7, 11) is 0. The topological polar surface area (TPSA) is 9.23 Å². The molecule has 0 aliphatic heterocycles. The first kappa shape index (κ1) is 13.8. The zero-order valence-electron chi connectivity index (χ0n) is 9.86. The van der Waals surface area contributed by atoms with Gasteiger partial charge >= 0.3 is 88.7 Å². The average molecular weight is 293 g/mol. The van der Waals surface area contributed by atoms with E-state index in [9.17, 15) is 0 Å². The van der Waals surface area contributed by atoms with Crippen molar-refractivity contribution in [3.63, 3.8) is 0 Å². The molecule has 0 unspecified atom stereocenters. The van der Waals surface area contributed by atoms with Gasteiger partial charge in [0.05, 0.1) is 0 Å². The fourth-order valence-corrected chi connectivity index (χ4v) is 3.42. The predicted octanol–water partition coefficient (Wildman–Crippen LogP) is 4.20. The Bertz CT molecular complexity index is 107. The second kappa shape index (κ2) is 8.10. The molecule has 0 spiro atoms. The molecule has 1 nitrogen and oxygen atoms in total. The summed E-state index contributed by atoms with van der Waals surface area (Å²) in [6.07, 6.45) is 8.19. The van der Waals surface area contributed by atoms with E-state index in [1.165, 1.54) is 38.5 Å². The van der Waals surface area contributed by atoms with Crippen molar-refractivity contribution < 1.29 is 3.07 Å². The van der Waals surface area contributed by atoms with Gasteiger partial charge in [0.25, 0.3) is 0 Å². The minimum absolute atomic E-state index is 1.02. The van der Waals surface area contributed by atoms with E-state index < -0.39 is 18.8 Å². The van der Waals surface area contributed by atoms with E-state index in [4.69, 9.17) is 3.07 Å². The maximum atomic E-state index is 5.85. The summed E-state index contributed by atoms with van der Waals surface area (Å²) in [5.74, 6) is 0. The zero-order valence-corrected chi connectivity index (χ0v) is 12.7. The van der Waals surface area contributed by atoms with Gasteiger partial charge in [0, 0.05) is 0 Å². The van der Waals surface area contributed by atoms with Crippen LogP contribution in [0.1, 0.15) is 45.4 Å². The Balaban J connectivity index is 3.00. The molecule has 0 saturated carbocycles. The molecule has 0 rings (SSSR count). The van der Waals surface area contributed by atoms with Gasteiger partial charge in [-0.05, 0) is 0 Å². The molecule has 0 atom stereocenters. The van der Waals surface area contributed by atoms with Gasteiger partial charge < -0.3 is 0 Å². The van der Waals surface area contributed by atoms with Crippen molar-refractivity contribution >= 4 is 18.8 Å². The molecule has 0 aromatic carbocycles. The number of rotatable bonds is 8. The van der Waals surface area contributed by atoms with Gasteiger partial charge in [0.2, 0.25) is 0 Å². The van der Waals surface area contributed by atoms with E-state index in [2.05, 4.69) is 21.7 Å². The molecular formula is C11H26OSn. The molecule has 0 fully saturated rings. The van der Waals surface area contributed by atoms with Crippen LogP contribution in [-0.4, -0.2) is 25.4 Å². The third-order valence-corrected chi connectivity index (χ3v) is 5.09. The maximum absolute atomic E-state index is 5.85. The Kier molecular flexibility index (Phi) is 8.57. The molecular weight excluding hydrogens is 267 g/mol. The zero-order chi connectivity index (χ0) is 10.2. The van der Waals surface area contributed by atoms with Crippen LogP contribution >= 0.6 is 0 Å². The van der Waals surface area contributed by atoms with Crippen LogP contribution in [0.15, 0.2) is 0 Å². The van der Waals surface area contributed by atoms with E-state index in [0.717, 1.165) is 6.61 Å². The number of unbranched alkanes of at least 4 members (excludes halogenated alkanes) is 5. The Hall–Kier alpha value is 0.759. The Morgan fingerprint density at radius 3 is 1.92 bits per heavy atom. The van der Waals surface area contributed by atoms with Gasteiger partial charge in [-0.25, -0.2) is 0 Å². The molecule has 0 bridgehead atoms. The predicted molar refractivity (Wildman–Crippen MR) is 62.7 cm³/mol. The molecule has 0 aromatic rings. The summed E-state index contributed by atoms with van der Waals surface area (Å²) in [6.45, 7) is 3.28. The van der Waals surface area contributed by atoms with Crippen LogP contribution in [0.2, 0.25) is 14.8 Å². The summed E-state index contributed by atoms with van der Waals surface area (Å²) in [5.41, 5.74) is 0. The van der Waals surface area contributed by atoms with Gasteiger partial charge in [0.15, 0.2) is 0 Å². The van der Waals surface area contributed by atoms with Crippen molar-refractivity contribution in [1.82, 2.24) is 0 Å². The molecule has 13 heavy (non-hydrogen) atoms. The molecule has 0 radical (unpaired) electrons. The van der Waals surface area contributed by atoms with E-state index in [-0.39, 0.29) is 0 Å². The van der Waals surface area contributed by atoms with Gasteiger partial charge in [0.1, 0.15) is 0 Å². The average Bonchev–Trinajstić information content (AvgIpc) is 2.01. The summed E-state index contributed by atoms with van der Waals surface area (Å²) in [6, 6.07) is 0. The van der Waals surface area contributed by atoms with Gasteiger partial charge in [-0.3, -0.25) is 0 Å². The standard InChI is InChI=1S/C8H17O.3CH3.Sn/c1-2-3-4-5-6-7-8-9;;;;/h2-8H2,1H3;3*1H3;/q-1;;;;+1. The fourth-order valence-electron chi connectivity index (χ4n) is 1.26. The first-order valence-corrected chi connectivity index (χ1v) is 15.4. The molecule has 0 aliphatic rings. The minimum atomic E-state index is -1.89. The molecule has 0 aromatic heterocycles. The van der Waals surface area contributed by atoms with Gasteiger partial charge in [-0.15, -0.1) is 0 Å². The number of hydrogen-bond donors (Lipinski definition) is 0. The Morgan fingerprint density at radius 2 is 1.38 bits per heavy atom. The van der Waals surface area contributed by atoms with E-state index >= 15 is 0 Å². The van der Waals surface area contributed by atoms with Crippen LogP contribution in [-0.2, 0) is 3.07 Å². The van der Waals surface area contributed by atoms with Gasteiger partial charge in [-0.2, -0.15) is 0 Å². The van der Waals surface area contributed by atoms with Crippen LogP contribution < -0.4 is 0 Å². The van der Waals surface area contributed by atoms with Crippen molar-refractivity contribution in [1.29, 1.82) is 0 Å². The van der Waals surface area contributed by atoms with Crippen molar-refractivity contribution in [2.75, 3.05) is 6.61 Å². The van der Waals surface area contributed by atoms with Crippen molar-refractivity contribution in [3.8, 4) is 0 Å². The first-order chi connectivity index (χ1) is 6.06. The second-order valence-electron chi connectivity index (χ2n) is 4.73. The monoisotopic (exact) mass is 294 g/mol. The van der Waals surface area contributed by atoms with Crippen LogP contribution in [0.4, 0.5) is 0 Å². The molecule has 0 heterocycles. The van der Waals surface area contributed by atoms with Crippen LogP contribution in [0.25, 0.3) is 0 Å². The van der Waals surface area contributed by atoms with Gasteiger partial charge in [-0.1, -0.05) is 0 Å². The fraction of sp³-hybridized carbons (Fsp3) is 1.00. The summed E-state index contributed by atoms with van der Waals surface area (Å²) in [4.78, 5) is 6.98. The summed E-state index contributed by atoms with van der Waals surface area (Å²) >= 11 is -1.89. The quantitative estimate of drug-likeness (QED) is 0.481. The summed E-state index contributed by atoms with van der Waals surface area (Å²) < 4.78 is 5.85. The third-order valence-electron chi connectivity index (χ3n) is 2.03. The first-order valence-electron chi connectivity index (χ1n) is 5.70. The van der Waals surface area contributed by atoms with E-state index in [0.29, 0.717) is 0 Å². The van der Waals surface area contributed by atoms with Crippen molar-refractivity contribution in [2.45, 2.75) is 60.3 Å². The third kappa shape index (κ3) is 12.8. The van der Waals surface area contributed by atoms with E-state index in [1.54, 1.807) is 0 Å². The van der Waals surface area contributed by atoms with Crippen LogP contribution in [0, 0.1) is 0 Å². The Labute approximate surface area is 88.7 Å². The normalized spacial score (nSPS) is 12.0. The molecule has 0 aliphatic carbocycles.